The van der Waals surface area contributed by atoms with E-state index in [0.717, 1.165) is 31.7 Å². The van der Waals surface area contributed by atoms with Crippen LogP contribution in [0.15, 0.2) is 29.2 Å². The van der Waals surface area contributed by atoms with E-state index in [0.29, 0.717) is 14.2 Å². The molecule has 2 amide bonds. The minimum atomic E-state index is -0.183. The molecule has 1 aromatic rings. The average Bonchev–Trinajstić information content (AvgIpc) is 2.90. The van der Waals surface area contributed by atoms with Crippen LogP contribution in [0.3, 0.4) is 0 Å². The molecule has 2 saturated heterocycles. The van der Waals surface area contributed by atoms with Crippen molar-refractivity contribution in [2.45, 2.75) is 6.42 Å². The molecule has 0 unspecified atom stereocenters. The maximum absolute atomic E-state index is 12.6. The van der Waals surface area contributed by atoms with Crippen molar-refractivity contribution < 1.29 is 9.59 Å². The number of hydrogen-bond acceptors (Lipinski definition) is 6. The van der Waals surface area contributed by atoms with Crippen molar-refractivity contribution in [2.75, 3.05) is 39.8 Å². The molecule has 2 aliphatic heterocycles. The predicted octanol–water partition coefficient (Wildman–Crippen LogP) is 2.21. The zero-order valence-corrected chi connectivity index (χ0v) is 17.4. The Balaban J connectivity index is 1.55. The Morgan fingerprint density at radius 2 is 2.00 bits per heavy atom. The number of likely N-dealkylation sites (N-methyl/N-ethyl adjacent to an activating group) is 1. The second-order valence-corrected chi connectivity index (χ2v) is 8.51. The largest absolute Gasteiger partial charge is 0.304 e. The van der Waals surface area contributed by atoms with Gasteiger partial charge in [0.15, 0.2) is 0 Å². The number of hydrazine groups is 1. The Labute approximate surface area is 173 Å². The van der Waals surface area contributed by atoms with E-state index < -0.39 is 0 Å². The fourth-order valence-corrected chi connectivity index (χ4v) is 4.28. The zero-order valence-electron chi connectivity index (χ0n) is 15.0. The first-order chi connectivity index (χ1) is 12.9. The van der Waals surface area contributed by atoms with Gasteiger partial charge < -0.3 is 4.90 Å². The van der Waals surface area contributed by atoms with Crippen LogP contribution in [0.25, 0.3) is 6.08 Å². The van der Waals surface area contributed by atoms with Crippen LogP contribution >= 0.6 is 35.6 Å². The van der Waals surface area contributed by atoms with Crippen LogP contribution in [0.1, 0.15) is 12.0 Å². The van der Waals surface area contributed by atoms with E-state index in [1.807, 2.05) is 23.2 Å². The van der Waals surface area contributed by atoms with Crippen molar-refractivity contribution >= 4 is 57.8 Å². The molecule has 9 heteroatoms. The van der Waals surface area contributed by atoms with Gasteiger partial charge in [-0.3, -0.25) is 19.9 Å². The summed E-state index contributed by atoms with van der Waals surface area (Å²) < 4.78 is 0.464. The lowest BCUT2D eigenvalue weighted by atomic mass is 10.2. The summed E-state index contributed by atoms with van der Waals surface area (Å²) in [6, 6.07) is 7.32. The molecule has 2 fully saturated rings. The molecular weight excluding hydrogens is 404 g/mol. The number of hydrogen-bond donors (Lipinski definition) is 1. The molecule has 0 aromatic heterocycles. The molecule has 0 saturated carbocycles. The van der Waals surface area contributed by atoms with Gasteiger partial charge in [0.05, 0.1) is 4.91 Å². The number of halogens is 1. The first-order valence-electron chi connectivity index (χ1n) is 8.67. The minimum absolute atomic E-state index is 0.108. The average molecular weight is 425 g/mol. The molecule has 2 aliphatic rings. The highest BCUT2D eigenvalue weighted by Crippen LogP contribution is 2.33. The quantitative estimate of drug-likeness (QED) is 0.577. The molecule has 6 nitrogen and oxygen atoms in total. The molecular formula is C18H21ClN4O2S2. The van der Waals surface area contributed by atoms with Crippen LogP contribution in [0.4, 0.5) is 0 Å². The summed E-state index contributed by atoms with van der Waals surface area (Å²) in [5.74, 6) is -0.291. The van der Waals surface area contributed by atoms with Crippen LogP contribution in [0.5, 0.6) is 0 Å². The molecule has 144 valence electrons. The number of carbonyl (C=O) groups is 2. The number of amides is 2. The van der Waals surface area contributed by atoms with Crippen LogP contribution in [-0.2, 0) is 9.59 Å². The highest BCUT2D eigenvalue weighted by Gasteiger charge is 2.32. The fourth-order valence-electron chi connectivity index (χ4n) is 2.79. The number of rotatable bonds is 5. The standard InChI is InChI=1S/C18H21ClN4O2S2/c1-21-8-10-22(11-9-21)20-16(24)6-7-23-17(25)15(27-18(23)26)12-13-4-2-3-5-14(13)19/h2-5,12H,6-11H2,1H3,(H,20,24)/b15-12+. The third kappa shape index (κ3) is 5.30. The third-order valence-corrected chi connectivity index (χ3v) is 6.14. The molecule has 2 heterocycles. The lowest BCUT2D eigenvalue weighted by Gasteiger charge is -2.32. The van der Waals surface area contributed by atoms with Crippen molar-refractivity contribution in [2.24, 2.45) is 0 Å². The number of carbonyl (C=O) groups excluding carboxylic acids is 2. The summed E-state index contributed by atoms with van der Waals surface area (Å²) in [6.45, 7) is 3.70. The van der Waals surface area contributed by atoms with Crippen LogP contribution in [-0.4, -0.2) is 70.7 Å². The summed E-state index contributed by atoms with van der Waals surface area (Å²) in [5.41, 5.74) is 3.67. The normalized spacial score (nSPS) is 20.5. The Morgan fingerprint density at radius 3 is 2.70 bits per heavy atom. The highest BCUT2D eigenvalue weighted by atomic mass is 35.5. The van der Waals surface area contributed by atoms with Crippen LogP contribution in [0, 0.1) is 0 Å². The van der Waals surface area contributed by atoms with Crippen molar-refractivity contribution in [3.05, 3.63) is 39.8 Å². The Kier molecular flexibility index (Phi) is 6.88. The smallest absolute Gasteiger partial charge is 0.266 e. The Bertz CT molecular complexity index is 778. The van der Waals surface area contributed by atoms with Gasteiger partial charge in [0.1, 0.15) is 4.32 Å². The van der Waals surface area contributed by atoms with Crippen molar-refractivity contribution in [1.82, 2.24) is 20.2 Å². The van der Waals surface area contributed by atoms with Crippen molar-refractivity contribution in [3.8, 4) is 0 Å². The van der Waals surface area contributed by atoms with E-state index in [9.17, 15) is 9.59 Å². The molecule has 0 spiro atoms. The zero-order chi connectivity index (χ0) is 19.4. The van der Waals surface area contributed by atoms with Gasteiger partial charge in [-0.2, -0.15) is 0 Å². The van der Waals surface area contributed by atoms with Gasteiger partial charge >= 0.3 is 0 Å². The lowest BCUT2D eigenvalue weighted by molar-refractivity contribution is -0.127. The summed E-state index contributed by atoms with van der Waals surface area (Å²) in [7, 11) is 2.06. The first kappa shape index (κ1) is 20.3. The number of nitrogens with zero attached hydrogens (tertiary/aromatic N) is 3. The van der Waals surface area contributed by atoms with Crippen molar-refractivity contribution in [3.63, 3.8) is 0 Å². The fraction of sp³-hybridized carbons (Fsp3) is 0.389. The van der Waals surface area contributed by atoms with Gasteiger partial charge in [0, 0.05) is 44.2 Å². The van der Waals surface area contributed by atoms with Crippen LogP contribution < -0.4 is 5.43 Å². The molecule has 0 atom stereocenters. The van der Waals surface area contributed by atoms with E-state index in [-0.39, 0.29) is 24.8 Å². The number of thioether (sulfide) groups is 1. The molecule has 27 heavy (non-hydrogen) atoms. The van der Waals surface area contributed by atoms with E-state index >= 15 is 0 Å². The molecule has 0 radical (unpaired) electrons. The summed E-state index contributed by atoms with van der Waals surface area (Å²) in [5, 5.41) is 2.50. The Morgan fingerprint density at radius 1 is 1.30 bits per heavy atom. The molecule has 0 bridgehead atoms. The summed E-state index contributed by atoms with van der Waals surface area (Å²) in [4.78, 5) is 29.0. The second-order valence-electron chi connectivity index (χ2n) is 6.43. The third-order valence-electron chi connectivity index (χ3n) is 4.41. The first-order valence-corrected chi connectivity index (χ1v) is 10.3. The number of benzene rings is 1. The number of piperazine rings is 1. The van der Waals surface area contributed by atoms with Gasteiger partial charge in [-0.25, -0.2) is 5.01 Å². The topological polar surface area (TPSA) is 55.9 Å². The van der Waals surface area contributed by atoms with Crippen LogP contribution in [0.2, 0.25) is 5.02 Å². The minimum Gasteiger partial charge on any atom is -0.304 e. The molecule has 1 N–H and O–H groups in total. The lowest BCUT2D eigenvalue weighted by Crippen LogP contribution is -2.52. The van der Waals surface area contributed by atoms with Gasteiger partial charge in [0.25, 0.3) is 5.91 Å². The Hall–Kier alpha value is -1.45. The molecule has 1 aromatic carbocycles. The predicted molar refractivity (Wildman–Crippen MR) is 113 cm³/mol. The van der Waals surface area contributed by atoms with E-state index in [4.69, 9.17) is 23.8 Å². The summed E-state index contributed by atoms with van der Waals surface area (Å²) in [6.07, 6.45) is 1.95. The van der Waals surface area contributed by atoms with Gasteiger partial charge in [0.2, 0.25) is 5.91 Å². The second kappa shape index (κ2) is 9.16. The number of nitrogens with one attached hydrogen (secondary N) is 1. The SMILES string of the molecule is CN1CCN(NC(=O)CCN2C(=O)/C(=C\c3ccccc3Cl)SC2=S)CC1. The van der Waals surface area contributed by atoms with E-state index in [1.54, 1.807) is 12.1 Å². The van der Waals surface area contributed by atoms with Gasteiger partial charge in [-0.1, -0.05) is 53.8 Å². The maximum atomic E-state index is 12.6. The molecule has 3 rings (SSSR count). The molecule has 0 aliphatic carbocycles. The monoisotopic (exact) mass is 424 g/mol. The highest BCUT2D eigenvalue weighted by molar-refractivity contribution is 8.26. The van der Waals surface area contributed by atoms with E-state index in [1.165, 1.54) is 16.7 Å². The van der Waals surface area contributed by atoms with Gasteiger partial charge in [-0.05, 0) is 24.8 Å². The van der Waals surface area contributed by atoms with Gasteiger partial charge in [-0.15, -0.1) is 0 Å². The van der Waals surface area contributed by atoms with Crippen molar-refractivity contribution in [1.29, 1.82) is 0 Å². The summed E-state index contributed by atoms with van der Waals surface area (Å²) >= 11 is 12.7. The maximum Gasteiger partial charge on any atom is 0.266 e. The number of thiocarbonyl (C=S) groups is 1. The van der Waals surface area contributed by atoms with E-state index in [2.05, 4.69) is 17.4 Å².